The van der Waals surface area contributed by atoms with Gasteiger partial charge in [-0.1, -0.05) is 6.07 Å². The Hall–Kier alpha value is -2.01. The molecule has 0 aromatic heterocycles. The van der Waals surface area contributed by atoms with Gasteiger partial charge < -0.3 is 19.3 Å². The summed E-state index contributed by atoms with van der Waals surface area (Å²) < 4.78 is 10.6. The lowest BCUT2D eigenvalue weighted by Gasteiger charge is -2.31. The summed E-state index contributed by atoms with van der Waals surface area (Å²) in [5.41, 5.74) is 0.782. The first-order chi connectivity index (χ1) is 10.2. The number of hydrogen-bond acceptors (Lipinski definition) is 4. The second kappa shape index (κ2) is 7.13. The SMILES string of the molecule is COc1cccc(OC)c1/C=C/C(=O)N1CCN(C)CC1. The molecule has 1 heterocycles. The van der Waals surface area contributed by atoms with E-state index in [0.29, 0.717) is 11.5 Å². The smallest absolute Gasteiger partial charge is 0.246 e. The molecule has 21 heavy (non-hydrogen) atoms. The van der Waals surface area contributed by atoms with Gasteiger partial charge in [-0.3, -0.25) is 4.79 Å². The van der Waals surface area contributed by atoms with Crippen molar-refractivity contribution in [2.45, 2.75) is 0 Å². The number of likely N-dealkylation sites (N-methyl/N-ethyl adjacent to an activating group) is 1. The Kier molecular flexibility index (Phi) is 5.22. The lowest BCUT2D eigenvalue weighted by molar-refractivity contribution is -0.127. The molecule has 0 atom stereocenters. The maximum absolute atomic E-state index is 12.2. The van der Waals surface area contributed by atoms with Crippen molar-refractivity contribution in [1.29, 1.82) is 0 Å². The van der Waals surface area contributed by atoms with Crippen LogP contribution in [-0.4, -0.2) is 63.2 Å². The maximum atomic E-state index is 12.2. The Labute approximate surface area is 125 Å². The molecule has 0 N–H and O–H groups in total. The minimum atomic E-state index is 0.0241. The van der Waals surface area contributed by atoms with Crippen molar-refractivity contribution in [2.75, 3.05) is 47.4 Å². The molecule has 5 heteroatoms. The molecule has 0 aliphatic carbocycles. The summed E-state index contributed by atoms with van der Waals surface area (Å²) in [6.45, 7) is 3.36. The fourth-order valence-corrected chi connectivity index (χ4v) is 2.33. The lowest BCUT2D eigenvalue weighted by Crippen LogP contribution is -2.46. The third-order valence-electron chi connectivity index (χ3n) is 3.67. The van der Waals surface area contributed by atoms with Gasteiger partial charge in [0.25, 0.3) is 0 Å². The van der Waals surface area contributed by atoms with Crippen LogP contribution in [0.25, 0.3) is 6.08 Å². The Morgan fingerprint density at radius 1 is 1.10 bits per heavy atom. The van der Waals surface area contributed by atoms with Crippen LogP contribution in [0.3, 0.4) is 0 Å². The molecular weight excluding hydrogens is 268 g/mol. The number of methoxy groups -OCH3 is 2. The first-order valence-corrected chi connectivity index (χ1v) is 7.02. The molecule has 1 aliphatic rings. The monoisotopic (exact) mass is 290 g/mol. The average Bonchev–Trinajstić information content (AvgIpc) is 2.52. The van der Waals surface area contributed by atoms with E-state index >= 15 is 0 Å². The molecule has 1 aromatic rings. The number of carbonyl (C=O) groups is 1. The van der Waals surface area contributed by atoms with Crippen molar-refractivity contribution in [3.8, 4) is 11.5 Å². The van der Waals surface area contributed by atoms with Gasteiger partial charge in [0.15, 0.2) is 0 Å². The zero-order valence-corrected chi connectivity index (χ0v) is 12.8. The van der Waals surface area contributed by atoms with Crippen LogP contribution < -0.4 is 9.47 Å². The topological polar surface area (TPSA) is 42.0 Å². The van der Waals surface area contributed by atoms with Crippen molar-refractivity contribution in [3.63, 3.8) is 0 Å². The predicted molar refractivity (Wildman–Crippen MR) is 82.7 cm³/mol. The predicted octanol–water partition coefficient (Wildman–Crippen LogP) is 1.49. The second-order valence-corrected chi connectivity index (χ2v) is 5.04. The van der Waals surface area contributed by atoms with Crippen LogP contribution in [0.4, 0.5) is 0 Å². The molecule has 0 unspecified atom stereocenters. The molecule has 0 radical (unpaired) electrons. The second-order valence-electron chi connectivity index (χ2n) is 5.04. The Morgan fingerprint density at radius 2 is 1.67 bits per heavy atom. The number of piperazine rings is 1. The zero-order chi connectivity index (χ0) is 15.2. The minimum absolute atomic E-state index is 0.0241. The van der Waals surface area contributed by atoms with E-state index in [1.165, 1.54) is 0 Å². The van der Waals surface area contributed by atoms with Gasteiger partial charge in [-0.05, 0) is 25.3 Å². The van der Waals surface area contributed by atoms with Crippen LogP contribution in [0.15, 0.2) is 24.3 Å². The van der Waals surface area contributed by atoms with E-state index in [2.05, 4.69) is 11.9 Å². The van der Waals surface area contributed by atoms with Gasteiger partial charge in [-0.2, -0.15) is 0 Å². The Bertz CT molecular complexity index is 498. The third kappa shape index (κ3) is 3.76. The molecule has 1 aromatic carbocycles. The third-order valence-corrected chi connectivity index (χ3v) is 3.67. The van der Waals surface area contributed by atoms with Gasteiger partial charge in [0.1, 0.15) is 11.5 Å². The van der Waals surface area contributed by atoms with Crippen molar-refractivity contribution in [2.24, 2.45) is 0 Å². The largest absolute Gasteiger partial charge is 0.496 e. The van der Waals surface area contributed by atoms with E-state index in [0.717, 1.165) is 31.7 Å². The van der Waals surface area contributed by atoms with Crippen molar-refractivity contribution < 1.29 is 14.3 Å². The summed E-state index contributed by atoms with van der Waals surface area (Å²) in [6, 6.07) is 5.56. The van der Waals surface area contributed by atoms with Crippen LogP contribution in [0.5, 0.6) is 11.5 Å². The van der Waals surface area contributed by atoms with Crippen LogP contribution in [-0.2, 0) is 4.79 Å². The highest BCUT2D eigenvalue weighted by atomic mass is 16.5. The number of amides is 1. The van der Waals surface area contributed by atoms with E-state index in [-0.39, 0.29) is 5.91 Å². The van der Waals surface area contributed by atoms with Gasteiger partial charge in [-0.25, -0.2) is 0 Å². The fourth-order valence-electron chi connectivity index (χ4n) is 2.33. The normalized spacial score (nSPS) is 16.2. The van der Waals surface area contributed by atoms with Gasteiger partial charge >= 0.3 is 0 Å². The number of ether oxygens (including phenoxy) is 2. The molecule has 0 spiro atoms. The van der Waals surface area contributed by atoms with Crippen molar-refractivity contribution >= 4 is 12.0 Å². The highest BCUT2D eigenvalue weighted by Crippen LogP contribution is 2.29. The summed E-state index contributed by atoms with van der Waals surface area (Å²) in [4.78, 5) is 16.3. The molecule has 1 amide bonds. The molecule has 0 saturated carbocycles. The fraction of sp³-hybridized carbons (Fsp3) is 0.438. The molecule has 5 nitrogen and oxygen atoms in total. The van der Waals surface area contributed by atoms with Crippen LogP contribution in [0, 0.1) is 0 Å². The van der Waals surface area contributed by atoms with E-state index in [1.807, 2.05) is 23.1 Å². The number of carbonyl (C=O) groups excluding carboxylic acids is 1. The highest BCUT2D eigenvalue weighted by molar-refractivity contribution is 5.92. The molecule has 1 fully saturated rings. The summed E-state index contributed by atoms with van der Waals surface area (Å²) in [5.74, 6) is 1.41. The van der Waals surface area contributed by atoms with Crippen LogP contribution in [0.2, 0.25) is 0 Å². The molecular formula is C16H22N2O3. The number of benzene rings is 1. The van der Waals surface area contributed by atoms with E-state index in [9.17, 15) is 4.79 Å². The van der Waals surface area contributed by atoms with E-state index in [1.54, 1.807) is 26.4 Å². The van der Waals surface area contributed by atoms with Crippen molar-refractivity contribution in [1.82, 2.24) is 9.80 Å². The van der Waals surface area contributed by atoms with Gasteiger partial charge in [0.2, 0.25) is 5.91 Å². The molecule has 1 aliphatic heterocycles. The van der Waals surface area contributed by atoms with Gasteiger partial charge in [0, 0.05) is 32.3 Å². The quantitative estimate of drug-likeness (QED) is 0.788. The number of rotatable bonds is 4. The zero-order valence-electron chi connectivity index (χ0n) is 12.8. The lowest BCUT2D eigenvalue weighted by atomic mass is 10.1. The number of hydrogen-bond donors (Lipinski definition) is 0. The van der Waals surface area contributed by atoms with Gasteiger partial charge in [-0.15, -0.1) is 0 Å². The summed E-state index contributed by atoms with van der Waals surface area (Å²) in [7, 11) is 5.28. The molecule has 114 valence electrons. The molecule has 2 rings (SSSR count). The first kappa shape index (κ1) is 15.4. The summed E-state index contributed by atoms with van der Waals surface area (Å²) in [5, 5.41) is 0. The Morgan fingerprint density at radius 3 is 2.19 bits per heavy atom. The highest BCUT2D eigenvalue weighted by Gasteiger charge is 2.17. The van der Waals surface area contributed by atoms with E-state index in [4.69, 9.17) is 9.47 Å². The van der Waals surface area contributed by atoms with E-state index < -0.39 is 0 Å². The Balaban J connectivity index is 2.12. The summed E-state index contributed by atoms with van der Waals surface area (Å²) in [6.07, 6.45) is 3.35. The maximum Gasteiger partial charge on any atom is 0.246 e. The standard InChI is InChI=1S/C16H22N2O3/c1-17-9-11-18(12-10-17)16(19)8-7-13-14(20-2)5-4-6-15(13)21-3/h4-8H,9-12H2,1-3H3/b8-7+. The minimum Gasteiger partial charge on any atom is -0.496 e. The summed E-state index contributed by atoms with van der Waals surface area (Å²) >= 11 is 0. The first-order valence-electron chi connectivity index (χ1n) is 7.02. The van der Waals surface area contributed by atoms with Crippen LogP contribution in [0.1, 0.15) is 5.56 Å². The van der Waals surface area contributed by atoms with Crippen LogP contribution >= 0.6 is 0 Å². The number of nitrogens with zero attached hydrogens (tertiary/aromatic N) is 2. The van der Waals surface area contributed by atoms with Crippen molar-refractivity contribution in [3.05, 3.63) is 29.8 Å². The van der Waals surface area contributed by atoms with Gasteiger partial charge in [0.05, 0.1) is 19.8 Å². The molecule has 1 saturated heterocycles. The average molecular weight is 290 g/mol. The molecule has 0 bridgehead atoms.